The predicted molar refractivity (Wildman–Crippen MR) is 59.0 cm³/mol. The van der Waals surface area contributed by atoms with E-state index in [0.717, 1.165) is 19.5 Å². The first-order chi connectivity index (χ1) is 7.61. The van der Waals surface area contributed by atoms with Gasteiger partial charge in [-0.25, -0.2) is 0 Å². The van der Waals surface area contributed by atoms with E-state index in [1.165, 1.54) is 6.42 Å². The summed E-state index contributed by atoms with van der Waals surface area (Å²) >= 11 is 0. The Labute approximate surface area is 96.5 Å². The smallest absolute Gasteiger partial charge is 0.163 e. The maximum Gasteiger partial charge on any atom is 0.163 e. The largest absolute Gasteiger partial charge is 0.396 e. The second-order valence-electron chi connectivity index (χ2n) is 5.71. The van der Waals surface area contributed by atoms with Crippen LogP contribution < -0.4 is 0 Å². The molecule has 0 spiro atoms. The second kappa shape index (κ2) is 3.67. The molecule has 0 aromatic carbocycles. The highest BCUT2D eigenvalue weighted by molar-refractivity contribution is 5.03. The van der Waals surface area contributed by atoms with Crippen molar-refractivity contribution >= 4 is 0 Å². The van der Waals surface area contributed by atoms with Gasteiger partial charge in [-0.2, -0.15) is 0 Å². The summed E-state index contributed by atoms with van der Waals surface area (Å²) in [6, 6.07) is 0.366. The molecule has 1 N–H and O–H groups in total. The standard InChI is InChI=1S/C12H21NO3/c1-12(2)15-9-6-13-5-3-4-8(7-14)10(13)11(9)16-12/h8-11,14H,3-7H2,1-2H3/t8-,9-,10-,11-/m1/s1. The van der Waals surface area contributed by atoms with E-state index in [-0.39, 0.29) is 18.8 Å². The molecule has 0 saturated carbocycles. The summed E-state index contributed by atoms with van der Waals surface area (Å²) in [5.41, 5.74) is 0. The number of hydrogen-bond acceptors (Lipinski definition) is 4. The van der Waals surface area contributed by atoms with Gasteiger partial charge in [-0.05, 0) is 33.2 Å². The number of fused-ring (bicyclic) bond motifs is 3. The first kappa shape index (κ1) is 11.0. The highest BCUT2D eigenvalue weighted by Gasteiger charge is 2.55. The van der Waals surface area contributed by atoms with Crippen LogP contribution in [0, 0.1) is 5.92 Å². The topological polar surface area (TPSA) is 41.9 Å². The number of nitrogens with zero attached hydrogens (tertiary/aromatic N) is 1. The van der Waals surface area contributed by atoms with Crippen LogP contribution in [-0.4, -0.2) is 53.7 Å². The summed E-state index contributed by atoms with van der Waals surface area (Å²) in [4.78, 5) is 2.44. The highest BCUT2D eigenvalue weighted by Crippen LogP contribution is 2.41. The fraction of sp³-hybridized carbons (Fsp3) is 1.00. The summed E-state index contributed by atoms with van der Waals surface area (Å²) in [6.45, 7) is 6.32. The minimum Gasteiger partial charge on any atom is -0.396 e. The lowest BCUT2D eigenvalue weighted by molar-refractivity contribution is -0.167. The molecule has 0 aliphatic carbocycles. The van der Waals surface area contributed by atoms with Gasteiger partial charge < -0.3 is 14.6 Å². The lowest BCUT2D eigenvalue weighted by atomic mass is 9.88. The molecular formula is C12H21NO3. The number of piperidine rings is 1. The van der Waals surface area contributed by atoms with Crippen molar-refractivity contribution in [3.8, 4) is 0 Å². The van der Waals surface area contributed by atoms with Crippen molar-refractivity contribution in [1.82, 2.24) is 4.90 Å². The number of rotatable bonds is 1. The molecule has 3 aliphatic rings. The van der Waals surface area contributed by atoms with Crippen LogP contribution in [0.3, 0.4) is 0 Å². The van der Waals surface area contributed by atoms with Gasteiger partial charge in [0.15, 0.2) is 5.79 Å². The zero-order chi connectivity index (χ0) is 11.3. The van der Waals surface area contributed by atoms with E-state index in [4.69, 9.17) is 9.47 Å². The second-order valence-corrected chi connectivity index (χ2v) is 5.71. The minimum atomic E-state index is -0.446. The van der Waals surface area contributed by atoms with E-state index in [1.54, 1.807) is 0 Å². The molecule has 4 atom stereocenters. The summed E-state index contributed by atoms with van der Waals surface area (Å²) in [5, 5.41) is 9.47. The molecule has 0 amide bonds. The van der Waals surface area contributed by atoms with Crippen molar-refractivity contribution in [2.75, 3.05) is 19.7 Å². The molecule has 0 bridgehead atoms. The van der Waals surface area contributed by atoms with Gasteiger partial charge in [-0.1, -0.05) is 0 Å². The molecule has 3 fully saturated rings. The van der Waals surface area contributed by atoms with Crippen molar-refractivity contribution < 1.29 is 14.6 Å². The van der Waals surface area contributed by atoms with Crippen molar-refractivity contribution in [2.24, 2.45) is 5.92 Å². The minimum absolute atomic E-state index is 0.160. The van der Waals surface area contributed by atoms with Gasteiger partial charge in [0.05, 0.1) is 0 Å². The highest BCUT2D eigenvalue weighted by atomic mass is 16.8. The van der Waals surface area contributed by atoms with Crippen LogP contribution in [0.5, 0.6) is 0 Å². The Balaban J connectivity index is 1.81. The quantitative estimate of drug-likeness (QED) is 0.712. The number of aliphatic hydroxyl groups is 1. The Morgan fingerprint density at radius 3 is 2.94 bits per heavy atom. The fourth-order valence-electron chi connectivity index (χ4n) is 3.59. The monoisotopic (exact) mass is 227 g/mol. The van der Waals surface area contributed by atoms with E-state index in [1.807, 2.05) is 13.8 Å². The van der Waals surface area contributed by atoms with E-state index in [0.29, 0.717) is 12.0 Å². The lowest BCUT2D eigenvalue weighted by Gasteiger charge is -2.38. The van der Waals surface area contributed by atoms with Crippen molar-refractivity contribution in [3.05, 3.63) is 0 Å². The van der Waals surface area contributed by atoms with Crippen molar-refractivity contribution in [2.45, 2.75) is 50.7 Å². The fourth-order valence-corrected chi connectivity index (χ4v) is 3.59. The van der Waals surface area contributed by atoms with Gasteiger partial charge in [-0.3, -0.25) is 4.90 Å². The predicted octanol–water partition coefficient (Wildman–Crippen LogP) is 0.593. The molecule has 3 saturated heterocycles. The zero-order valence-corrected chi connectivity index (χ0v) is 10.1. The lowest BCUT2D eigenvalue weighted by Crippen LogP contribution is -2.48. The third-order valence-corrected chi connectivity index (χ3v) is 4.13. The van der Waals surface area contributed by atoms with Crippen LogP contribution >= 0.6 is 0 Å². The van der Waals surface area contributed by atoms with Gasteiger partial charge in [0, 0.05) is 25.1 Å². The van der Waals surface area contributed by atoms with Crippen LogP contribution in [0.15, 0.2) is 0 Å². The Kier molecular flexibility index (Phi) is 2.51. The Bertz CT molecular complexity index is 275. The van der Waals surface area contributed by atoms with Gasteiger partial charge in [0.2, 0.25) is 0 Å². The molecule has 0 radical (unpaired) electrons. The van der Waals surface area contributed by atoms with Crippen molar-refractivity contribution in [1.29, 1.82) is 0 Å². The maximum atomic E-state index is 9.47. The molecule has 16 heavy (non-hydrogen) atoms. The normalized spacial score (nSPS) is 46.7. The van der Waals surface area contributed by atoms with Crippen LogP contribution in [0.4, 0.5) is 0 Å². The summed E-state index contributed by atoms with van der Waals surface area (Å²) in [6.07, 6.45) is 2.66. The molecular weight excluding hydrogens is 206 g/mol. The van der Waals surface area contributed by atoms with Crippen LogP contribution in [0.2, 0.25) is 0 Å². The third-order valence-electron chi connectivity index (χ3n) is 4.13. The Morgan fingerprint density at radius 2 is 2.19 bits per heavy atom. The maximum absolute atomic E-state index is 9.47. The average molecular weight is 227 g/mol. The van der Waals surface area contributed by atoms with Gasteiger partial charge in [-0.15, -0.1) is 0 Å². The SMILES string of the molecule is CC1(C)O[C@H]2[C@H]3[C@@H](CO)CCCN3C[C@H]2O1. The molecule has 0 unspecified atom stereocenters. The molecule has 3 rings (SSSR count). The molecule has 4 nitrogen and oxygen atoms in total. The Morgan fingerprint density at radius 1 is 1.38 bits per heavy atom. The summed E-state index contributed by atoms with van der Waals surface area (Å²) in [7, 11) is 0. The van der Waals surface area contributed by atoms with E-state index >= 15 is 0 Å². The molecule has 92 valence electrons. The van der Waals surface area contributed by atoms with Crippen molar-refractivity contribution in [3.63, 3.8) is 0 Å². The van der Waals surface area contributed by atoms with Gasteiger partial charge in [0.25, 0.3) is 0 Å². The van der Waals surface area contributed by atoms with Crippen LogP contribution in [0.25, 0.3) is 0 Å². The third kappa shape index (κ3) is 1.59. The van der Waals surface area contributed by atoms with Crippen LogP contribution in [-0.2, 0) is 9.47 Å². The molecule has 4 heteroatoms. The summed E-state index contributed by atoms with van der Waals surface area (Å²) < 4.78 is 11.9. The first-order valence-corrected chi connectivity index (χ1v) is 6.31. The molecule has 3 aliphatic heterocycles. The number of hydrogen-bond donors (Lipinski definition) is 1. The number of aliphatic hydroxyl groups excluding tert-OH is 1. The van der Waals surface area contributed by atoms with E-state index in [2.05, 4.69) is 4.90 Å². The van der Waals surface area contributed by atoms with Gasteiger partial charge in [0.1, 0.15) is 12.2 Å². The summed E-state index contributed by atoms with van der Waals surface area (Å²) in [5.74, 6) is -0.0833. The molecule has 0 aromatic heterocycles. The zero-order valence-electron chi connectivity index (χ0n) is 10.1. The van der Waals surface area contributed by atoms with E-state index < -0.39 is 5.79 Å². The van der Waals surface area contributed by atoms with Crippen LogP contribution in [0.1, 0.15) is 26.7 Å². The van der Waals surface area contributed by atoms with E-state index in [9.17, 15) is 5.11 Å². The number of ether oxygens (including phenoxy) is 2. The molecule has 0 aromatic rings. The Hall–Kier alpha value is -0.160. The van der Waals surface area contributed by atoms with Gasteiger partial charge >= 0.3 is 0 Å². The average Bonchev–Trinajstić information content (AvgIpc) is 2.68. The first-order valence-electron chi connectivity index (χ1n) is 6.31. The molecule has 3 heterocycles.